The Labute approximate surface area is 116 Å². The van der Waals surface area contributed by atoms with E-state index in [1.54, 1.807) is 0 Å². The van der Waals surface area contributed by atoms with Crippen LogP contribution in [0.3, 0.4) is 0 Å². The van der Waals surface area contributed by atoms with Crippen LogP contribution in [0.15, 0.2) is 24.4 Å². The first-order valence-electron chi connectivity index (χ1n) is 7.19. The zero-order valence-electron chi connectivity index (χ0n) is 12.0. The van der Waals surface area contributed by atoms with Crippen molar-refractivity contribution in [2.75, 3.05) is 33.4 Å². The van der Waals surface area contributed by atoms with Gasteiger partial charge in [-0.05, 0) is 32.1 Å². The van der Waals surface area contributed by atoms with Crippen molar-refractivity contribution in [3.8, 4) is 0 Å². The molecule has 2 atom stereocenters. The third-order valence-electron chi connectivity index (χ3n) is 3.67. The molecule has 0 aliphatic carbocycles. The Morgan fingerprint density at radius 1 is 1.53 bits per heavy atom. The lowest BCUT2D eigenvalue weighted by Crippen LogP contribution is -2.44. The van der Waals surface area contributed by atoms with Crippen molar-refractivity contribution in [1.82, 2.24) is 15.2 Å². The normalized spacial score (nSPS) is 20.9. The van der Waals surface area contributed by atoms with Gasteiger partial charge in [0, 0.05) is 37.9 Å². The number of hydrogen-bond acceptors (Lipinski definition) is 4. The standard InChI is InChI=1S/C15H25N3O/c1-3-16-15(13-7-9-19-12-13)11-18(2)10-14-6-4-5-8-17-14/h4-6,8,13,15-16H,3,7,9-12H2,1-2H3. The smallest absolute Gasteiger partial charge is 0.0543 e. The Kier molecular flexibility index (Phi) is 5.76. The molecule has 4 nitrogen and oxygen atoms in total. The summed E-state index contributed by atoms with van der Waals surface area (Å²) in [7, 11) is 2.16. The Bertz CT molecular complexity index is 352. The van der Waals surface area contributed by atoms with Gasteiger partial charge in [0.25, 0.3) is 0 Å². The lowest BCUT2D eigenvalue weighted by Gasteiger charge is -2.28. The van der Waals surface area contributed by atoms with Gasteiger partial charge >= 0.3 is 0 Å². The molecule has 1 aliphatic rings. The van der Waals surface area contributed by atoms with Gasteiger partial charge < -0.3 is 10.1 Å². The molecule has 1 aromatic heterocycles. The Balaban J connectivity index is 1.85. The van der Waals surface area contributed by atoms with Gasteiger partial charge in [0.2, 0.25) is 0 Å². The molecule has 4 heteroatoms. The molecule has 0 spiro atoms. The van der Waals surface area contributed by atoms with E-state index in [9.17, 15) is 0 Å². The van der Waals surface area contributed by atoms with E-state index in [0.29, 0.717) is 12.0 Å². The molecule has 106 valence electrons. The van der Waals surface area contributed by atoms with Gasteiger partial charge in [-0.2, -0.15) is 0 Å². The van der Waals surface area contributed by atoms with Crippen LogP contribution in [0.5, 0.6) is 0 Å². The molecule has 0 radical (unpaired) electrons. The minimum absolute atomic E-state index is 0.515. The molecule has 2 unspecified atom stereocenters. The van der Waals surface area contributed by atoms with Crippen LogP contribution in [0.4, 0.5) is 0 Å². The number of nitrogens with one attached hydrogen (secondary N) is 1. The fourth-order valence-electron chi connectivity index (χ4n) is 2.68. The fraction of sp³-hybridized carbons (Fsp3) is 0.667. The van der Waals surface area contributed by atoms with E-state index in [4.69, 9.17) is 4.74 Å². The predicted molar refractivity (Wildman–Crippen MR) is 77.0 cm³/mol. The van der Waals surface area contributed by atoms with Crippen LogP contribution in [-0.4, -0.2) is 49.3 Å². The van der Waals surface area contributed by atoms with Crippen molar-refractivity contribution < 1.29 is 4.74 Å². The first-order chi connectivity index (χ1) is 9.29. The molecular weight excluding hydrogens is 238 g/mol. The summed E-state index contributed by atoms with van der Waals surface area (Å²) < 4.78 is 5.51. The second-order valence-electron chi connectivity index (χ2n) is 5.31. The molecule has 2 heterocycles. The highest BCUT2D eigenvalue weighted by molar-refractivity contribution is 5.03. The molecule has 2 rings (SSSR count). The van der Waals surface area contributed by atoms with Crippen molar-refractivity contribution in [1.29, 1.82) is 0 Å². The number of pyridine rings is 1. The highest BCUT2D eigenvalue weighted by atomic mass is 16.5. The first kappa shape index (κ1) is 14.4. The Morgan fingerprint density at radius 3 is 3.05 bits per heavy atom. The summed E-state index contributed by atoms with van der Waals surface area (Å²) in [5.74, 6) is 0.645. The minimum Gasteiger partial charge on any atom is -0.381 e. The Hall–Kier alpha value is -0.970. The molecule has 1 aromatic rings. The molecule has 0 saturated carbocycles. The van der Waals surface area contributed by atoms with Crippen LogP contribution in [-0.2, 0) is 11.3 Å². The van der Waals surface area contributed by atoms with E-state index in [2.05, 4.69) is 35.2 Å². The average molecular weight is 263 g/mol. The topological polar surface area (TPSA) is 37.4 Å². The van der Waals surface area contributed by atoms with E-state index in [0.717, 1.165) is 38.5 Å². The number of aromatic nitrogens is 1. The number of nitrogens with zero attached hydrogens (tertiary/aromatic N) is 2. The van der Waals surface area contributed by atoms with E-state index in [1.807, 2.05) is 18.3 Å². The predicted octanol–water partition coefficient (Wildman–Crippen LogP) is 1.53. The lowest BCUT2D eigenvalue weighted by molar-refractivity contribution is 0.166. The van der Waals surface area contributed by atoms with E-state index < -0.39 is 0 Å². The van der Waals surface area contributed by atoms with Crippen LogP contribution in [0.1, 0.15) is 19.0 Å². The number of likely N-dealkylation sites (N-methyl/N-ethyl adjacent to an activating group) is 2. The van der Waals surface area contributed by atoms with Gasteiger partial charge in [-0.3, -0.25) is 9.88 Å². The summed E-state index contributed by atoms with van der Waals surface area (Å²) in [5.41, 5.74) is 1.13. The summed E-state index contributed by atoms with van der Waals surface area (Å²) in [5, 5.41) is 3.60. The highest BCUT2D eigenvalue weighted by Gasteiger charge is 2.25. The summed E-state index contributed by atoms with van der Waals surface area (Å²) in [6, 6.07) is 6.60. The molecule has 1 saturated heterocycles. The van der Waals surface area contributed by atoms with Crippen LogP contribution in [0, 0.1) is 5.92 Å². The van der Waals surface area contributed by atoms with Gasteiger partial charge in [-0.1, -0.05) is 13.0 Å². The van der Waals surface area contributed by atoms with Gasteiger partial charge in [0.1, 0.15) is 0 Å². The summed E-state index contributed by atoms with van der Waals surface area (Å²) >= 11 is 0. The van der Waals surface area contributed by atoms with Crippen LogP contribution in [0.25, 0.3) is 0 Å². The average Bonchev–Trinajstić information content (AvgIpc) is 2.93. The molecule has 19 heavy (non-hydrogen) atoms. The van der Waals surface area contributed by atoms with Crippen LogP contribution < -0.4 is 5.32 Å². The molecule has 0 aromatic carbocycles. The number of ether oxygens (including phenoxy) is 1. The second-order valence-corrected chi connectivity index (χ2v) is 5.31. The summed E-state index contributed by atoms with van der Waals surface area (Å²) in [4.78, 5) is 6.72. The molecule has 1 fully saturated rings. The monoisotopic (exact) mass is 263 g/mol. The fourth-order valence-corrected chi connectivity index (χ4v) is 2.68. The summed E-state index contributed by atoms with van der Waals surface area (Å²) in [6.07, 6.45) is 3.03. The van der Waals surface area contributed by atoms with Crippen molar-refractivity contribution in [3.05, 3.63) is 30.1 Å². The van der Waals surface area contributed by atoms with Crippen molar-refractivity contribution in [2.45, 2.75) is 25.9 Å². The molecule has 1 N–H and O–H groups in total. The third-order valence-corrected chi connectivity index (χ3v) is 3.67. The van der Waals surface area contributed by atoms with Crippen molar-refractivity contribution in [3.63, 3.8) is 0 Å². The van der Waals surface area contributed by atoms with E-state index >= 15 is 0 Å². The summed E-state index contributed by atoms with van der Waals surface area (Å²) in [6.45, 7) is 6.93. The maximum Gasteiger partial charge on any atom is 0.0543 e. The van der Waals surface area contributed by atoms with Crippen molar-refractivity contribution >= 4 is 0 Å². The van der Waals surface area contributed by atoms with Gasteiger partial charge in [0.05, 0.1) is 12.3 Å². The van der Waals surface area contributed by atoms with Crippen LogP contribution >= 0.6 is 0 Å². The maximum atomic E-state index is 5.51. The SMILES string of the molecule is CCNC(CN(C)Cc1ccccn1)C1CCOC1. The molecule has 0 amide bonds. The zero-order valence-corrected chi connectivity index (χ0v) is 12.0. The number of rotatable bonds is 7. The highest BCUT2D eigenvalue weighted by Crippen LogP contribution is 2.17. The van der Waals surface area contributed by atoms with E-state index in [-0.39, 0.29) is 0 Å². The van der Waals surface area contributed by atoms with Crippen LogP contribution in [0.2, 0.25) is 0 Å². The van der Waals surface area contributed by atoms with Gasteiger partial charge in [-0.25, -0.2) is 0 Å². The zero-order chi connectivity index (χ0) is 13.5. The minimum atomic E-state index is 0.515. The second kappa shape index (κ2) is 7.58. The maximum absolute atomic E-state index is 5.51. The molecular formula is C15H25N3O. The quantitative estimate of drug-likeness (QED) is 0.809. The van der Waals surface area contributed by atoms with Gasteiger partial charge in [0.15, 0.2) is 0 Å². The molecule has 1 aliphatic heterocycles. The largest absolute Gasteiger partial charge is 0.381 e. The molecule has 0 bridgehead atoms. The first-order valence-corrected chi connectivity index (χ1v) is 7.19. The number of hydrogen-bond donors (Lipinski definition) is 1. The van der Waals surface area contributed by atoms with Crippen molar-refractivity contribution in [2.24, 2.45) is 5.92 Å². The lowest BCUT2D eigenvalue weighted by atomic mass is 9.98. The third kappa shape index (κ3) is 4.56. The van der Waals surface area contributed by atoms with Gasteiger partial charge in [-0.15, -0.1) is 0 Å². The van der Waals surface area contributed by atoms with E-state index in [1.165, 1.54) is 6.42 Å². The Morgan fingerprint density at radius 2 is 2.42 bits per heavy atom.